The molecule has 16 heavy (non-hydrogen) atoms. The molecule has 2 heterocycles. The lowest BCUT2D eigenvalue weighted by atomic mass is 10.2. The lowest BCUT2D eigenvalue weighted by molar-refractivity contribution is -0.661. The van der Waals surface area contributed by atoms with Gasteiger partial charge in [-0.1, -0.05) is 17.2 Å². The summed E-state index contributed by atoms with van der Waals surface area (Å²) >= 11 is 0. The highest BCUT2D eigenvalue weighted by Crippen LogP contribution is 2.10. The minimum absolute atomic E-state index is 0.966. The summed E-state index contributed by atoms with van der Waals surface area (Å²) in [7, 11) is 0. The second-order valence-electron chi connectivity index (χ2n) is 4.06. The first-order valence-electron chi connectivity index (χ1n) is 5.32. The molecule has 0 amide bonds. The average Bonchev–Trinajstić information content (AvgIpc) is 2.65. The SMILES string of the molecule is Cc1n[n+]2c3ccccc3nn2c(C)c1C. The van der Waals surface area contributed by atoms with Crippen molar-refractivity contribution >= 4 is 11.0 Å². The molecule has 3 rings (SSSR count). The van der Waals surface area contributed by atoms with Crippen LogP contribution in [-0.2, 0) is 0 Å². The Morgan fingerprint density at radius 3 is 2.69 bits per heavy atom. The van der Waals surface area contributed by atoms with Crippen LogP contribution in [0.1, 0.15) is 17.0 Å². The zero-order valence-electron chi connectivity index (χ0n) is 9.60. The molecule has 0 atom stereocenters. The zero-order valence-corrected chi connectivity index (χ0v) is 9.60. The number of hydrogen-bond donors (Lipinski definition) is 0. The van der Waals surface area contributed by atoms with Crippen molar-refractivity contribution in [2.75, 3.05) is 0 Å². The van der Waals surface area contributed by atoms with Gasteiger partial charge in [0, 0.05) is 10.2 Å². The van der Waals surface area contributed by atoms with Gasteiger partial charge in [-0.15, -0.1) is 0 Å². The lowest BCUT2D eigenvalue weighted by Gasteiger charge is -1.99. The second kappa shape index (κ2) is 3.01. The van der Waals surface area contributed by atoms with Crippen LogP contribution in [0.5, 0.6) is 0 Å². The molecule has 1 aromatic carbocycles. The van der Waals surface area contributed by atoms with E-state index in [-0.39, 0.29) is 0 Å². The Morgan fingerprint density at radius 1 is 1.12 bits per heavy atom. The van der Waals surface area contributed by atoms with Gasteiger partial charge >= 0.3 is 0 Å². The first kappa shape index (κ1) is 9.27. The molecule has 0 fully saturated rings. The molecular weight excluding hydrogens is 200 g/mol. The van der Waals surface area contributed by atoms with Crippen molar-refractivity contribution in [3.63, 3.8) is 0 Å². The van der Waals surface area contributed by atoms with Gasteiger partial charge in [0.05, 0.1) is 10.8 Å². The smallest absolute Gasteiger partial charge is 0.0620 e. The van der Waals surface area contributed by atoms with Gasteiger partial charge in [0.1, 0.15) is 5.69 Å². The molecule has 0 saturated carbocycles. The van der Waals surface area contributed by atoms with E-state index in [1.54, 1.807) is 0 Å². The molecule has 2 aromatic heterocycles. The van der Waals surface area contributed by atoms with Crippen molar-refractivity contribution < 1.29 is 4.63 Å². The predicted octanol–water partition coefficient (Wildman–Crippen LogP) is 1.39. The molecule has 3 aromatic rings. The third-order valence-electron chi connectivity index (χ3n) is 3.11. The van der Waals surface area contributed by atoms with Crippen molar-refractivity contribution in [1.29, 1.82) is 0 Å². The molecule has 4 heteroatoms. The third kappa shape index (κ3) is 1.07. The summed E-state index contributed by atoms with van der Waals surface area (Å²) in [4.78, 5) is 0. The van der Waals surface area contributed by atoms with Crippen LogP contribution in [0.2, 0.25) is 0 Å². The average molecular weight is 213 g/mol. The predicted molar refractivity (Wildman–Crippen MR) is 60.4 cm³/mol. The van der Waals surface area contributed by atoms with E-state index in [1.807, 2.05) is 40.4 Å². The first-order chi connectivity index (χ1) is 7.68. The zero-order chi connectivity index (χ0) is 11.3. The number of aryl methyl sites for hydroxylation is 2. The van der Waals surface area contributed by atoms with Crippen LogP contribution in [0.25, 0.3) is 11.0 Å². The van der Waals surface area contributed by atoms with E-state index in [2.05, 4.69) is 24.0 Å². The van der Waals surface area contributed by atoms with Gasteiger partial charge in [0.25, 0.3) is 5.52 Å². The van der Waals surface area contributed by atoms with Crippen LogP contribution in [0, 0.1) is 20.8 Å². The Kier molecular flexibility index (Phi) is 1.74. The molecule has 4 nitrogen and oxygen atoms in total. The minimum atomic E-state index is 0.966. The number of aromatic nitrogens is 4. The maximum atomic E-state index is 4.54. The van der Waals surface area contributed by atoms with Gasteiger partial charge in [0.2, 0.25) is 5.52 Å². The van der Waals surface area contributed by atoms with Crippen LogP contribution in [0.3, 0.4) is 0 Å². The molecular formula is C12H13N4+. The minimum Gasteiger partial charge on any atom is -0.0620 e. The molecule has 0 aliphatic rings. The molecule has 0 radical (unpaired) electrons. The number of benzene rings is 1. The van der Waals surface area contributed by atoms with Crippen molar-refractivity contribution in [2.24, 2.45) is 0 Å². The van der Waals surface area contributed by atoms with Gasteiger partial charge in [-0.3, -0.25) is 0 Å². The maximum Gasteiger partial charge on any atom is 0.252 e. The van der Waals surface area contributed by atoms with Crippen molar-refractivity contribution in [3.05, 3.63) is 41.2 Å². The molecule has 0 N–H and O–H groups in total. The van der Waals surface area contributed by atoms with Crippen LogP contribution in [-0.4, -0.2) is 14.8 Å². The summed E-state index contributed by atoms with van der Waals surface area (Å²) in [6, 6.07) is 8.03. The molecule has 0 aliphatic heterocycles. The summed E-state index contributed by atoms with van der Waals surface area (Å²) in [6.45, 7) is 6.16. The topological polar surface area (TPSA) is 34.3 Å². The highest BCUT2D eigenvalue weighted by molar-refractivity contribution is 5.69. The number of rotatable bonds is 0. The standard InChI is InChI=1S/C12H13N4/c1-8-9(2)13-16-12-7-5-4-6-11(12)14-15(16)10(8)3/h4-7H,1-3H3/q+1. The van der Waals surface area contributed by atoms with E-state index < -0.39 is 0 Å². The van der Waals surface area contributed by atoms with Crippen LogP contribution in [0.4, 0.5) is 0 Å². The Balaban J connectivity index is 2.60. The van der Waals surface area contributed by atoms with Gasteiger partial charge < -0.3 is 0 Å². The monoisotopic (exact) mass is 213 g/mol. The van der Waals surface area contributed by atoms with Crippen LogP contribution >= 0.6 is 0 Å². The van der Waals surface area contributed by atoms with E-state index in [9.17, 15) is 0 Å². The van der Waals surface area contributed by atoms with E-state index >= 15 is 0 Å². The fourth-order valence-electron chi connectivity index (χ4n) is 1.91. The van der Waals surface area contributed by atoms with Crippen LogP contribution < -0.4 is 4.63 Å². The normalized spacial score (nSPS) is 11.4. The van der Waals surface area contributed by atoms with E-state index in [0.29, 0.717) is 0 Å². The van der Waals surface area contributed by atoms with Gasteiger partial charge in [0.15, 0.2) is 0 Å². The summed E-state index contributed by atoms with van der Waals surface area (Å²) in [6.07, 6.45) is 0. The van der Waals surface area contributed by atoms with E-state index in [4.69, 9.17) is 0 Å². The molecule has 0 saturated heterocycles. The van der Waals surface area contributed by atoms with E-state index in [1.165, 1.54) is 5.56 Å². The van der Waals surface area contributed by atoms with Crippen molar-refractivity contribution in [3.8, 4) is 0 Å². The van der Waals surface area contributed by atoms with Crippen molar-refractivity contribution in [2.45, 2.75) is 20.8 Å². The molecule has 0 aliphatic carbocycles. The molecule has 0 spiro atoms. The van der Waals surface area contributed by atoms with E-state index in [0.717, 1.165) is 22.4 Å². The maximum absolute atomic E-state index is 4.54. The molecule has 0 bridgehead atoms. The third-order valence-corrected chi connectivity index (χ3v) is 3.11. The van der Waals surface area contributed by atoms with Gasteiger partial charge in [-0.05, 0) is 37.5 Å². The van der Waals surface area contributed by atoms with Gasteiger partial charge in [-0.25, -0.2) is 0 Å². The van der Waals surface area contributed by atoms with Gasteiger partial charge in [-0.2, -0.15) is 0 Å². The highest BCUT2D eigenvalue weighted by Gasteiger charge is 2.18. The second-order valence-corrected chi connectivity index (χ2v) is 4.06. The number of nitrogens with zero attached hydrogens (tertiary/aromatic N) is 4. The molecule has 80 valence electrons. The Bertz CT molecular complexity index is 697. The largest absolute Gasteiger partial charge is 0.252 e. The Morgan fingerprint density at radius 2 is 1.88 bits per heavy atom. The number of hydrogen-bond acceptors (Lipinski definition) is 2. The lowest BCUT2D eigenvalue weighted by Crippen LogP contribution is -2.36. The summed E-state index contributed by atoms with van der Waals surface area (Å²) in [5.41, 5.74) is 5.36. The number of fused-ring (bicyclic) bond motifs is 3. The van der Waals surface area contributed by atoms with Crippen molar-refractivity contribution in [1.82, 2.24) is 14.8 Å². The summed E-state index contributed by atoms with van der Waals surface area (Å²) in [5.74, 6) is 0. The quantitative estimate of drug-likeness (QED) is 0.529. The summed E-state index contributed by atoms with van der Waals surface area (Å²) < 4.78 is 3.71. The fourth-order valence-corrected chi connectivity index (χ4v) is 1.91. The summed E-state index contributed by atoms with van der Waals surface area (Å²) in [5, 5.41) is 9.08. The first-order valence-corrected chi connectivity index (χ1v) is 5.32. The Labute approximate surface area is 93.1 Å². The van der Waals surface area contributed by atoms with Crippen LogP contribution in [0.15, 0.2) is 24.3 Å². The molecule has 0 unspecified atom stereocenters. The fraction of sp³-hybridized carbons (Fsp3) is 0.250. The Hall–Kier alpha value is -1.97. The number of para-hydroxylation sites is 1. The highest BCUT2D eigenvalue weighted by atomic mass is 15.6.